The summed E-state index contributed by atoms with van der Waals surface area (Å²) in [5.74, 6) is 0.102. The van der Waals surface area contributed by atoms with Crippen molar-refractivity contribution in [2.45, 2.75) is 56.1 Å². The Labute approximate surface area is 172 Å². The first kappa shape index (κ1) is 20.3. The van der Waals surface area contributed by atoms with Crippen molar-refractivity contribution >= 4 is 27.1 Å². The van der Waals surface area contributed by atoms with Crippen LogP contribution in [0.3, 0.4) is 0 Å². The maximum Gasteiger partial charge on any atom is 0.261 e. The molecule has 0 unspecified atom stereocenters. The molecule has 28 heavy (non-hydrogen) atoms. The van der Waals surface area contributed by atoms with Crippen molar-refractivity contribution in [1.29, 1.82) is 0 Å². The van der Waals surface area contributed by atoms with E-state index in [-0.39, 0.29) is 17.4 Å². The van der Waals surface area contributed by atoms with Gasteiger partial charge in [0.1, 0.15) is 0 Å². The number of amides is 1. The topological polar surface area (TPSA) is 69.7 Å². The molecule has 0 aromatic carbocycles. The minimum Gasteiger partial charge on any atom is -0.351 e. The Bertz CT molecular complexity index is 762. The van der Waals surface area contributed by atoms with Crippen LogP contribution >= 0.6 is 11.3 Å². The molecule has 8 heteroatoms. The van der Waals surface area contributed by atoms with E-state index in [1.807, 2.05) is 0 Å². The monoisotopic (exact) mass is 425 g/mol. The first-order valence-electron chi connectivity index (χ1n) is 10.6. The van der Waals surface area contributed by atoms with Gasteiger partial charge in [0.2, 0.25) is 0 Å². The van der Waals surface area contributed by atoms with E-state index in [4.69, 9.17) is 0 Å². The van der Waals surface area contributed by atoms with Crippen LogP contribution in [0.2, 0.25) is 0 Å². The quantitative estimate of drug-likeness (QED) is 0.708. The molecule has 1 aromatic rings. The van der Waals surface area contributed by atoms with E-state index in [2.05, 4.69) is 15.1 Å². The maximum absolute atomic E-state index is 12.3. The van der Waals surface area contributed by atoms with Gasteiger partial charge in [0.05, 0.1) is 16.4 Å². The Morgan fingerprint density at radius 2 is 1.86 bits per heavy atom. The third kappa shape index (κ3) is 4.96. The Morgan fingerprint density at radius 3 is 2.57 bits per heavy atom. The number of nitrogens with zero attached hydrogens (tertiary/aromatic N) is 2. The number of thiophene rings is 1. The zero-order valence-electron chi connectivity index (χ0n) is 16.5. The zero-order chi connectivity index (χ0) is 19.6. The van der Waals surface area contributed by atoms with Crippen molar-refractivity contribution in [3.05, 3.63) is 21.4 Å². The molecule has 6 nitrogen and oxygen atoms in total. The lowest BCUT2D eigenvalue weighted by molar-refractivity contribution is 0.0779. The predicted octanol–water partition coefficient (Wildman–Crippen LogP) is 2.25. The number of sulfone groups is 1. The molecule has 2 aliphatic heterocycles. The van der Waals surface area contributed by atoms with Crippen molar-refractivity contribution in [2.75, 3.05) is 39.3 Å². The van der Waals surface area contributed by atoms with Gasteiger partial charge in [-0.3, -0.25) is 9.69 Å². The summed E-state index contributed by atoms with van der Waals surface area (Å²) in [7, 11) is -2.98. The molecule has 3 aliphatic rings. The fraction of sp³-hybridized carbons (Fsp3) is 0.750. The van der Waals surface area contributed by atoms with Crippen LogP contribution in [0.15, 0.2) is 6.07 Å². The predicted molar refractivity (Wildman–Crippen MR) is 112 cm³/mol. The van der Waals surface area contributed by atoms with Gasteiger partial charge in [0.25, 0.3) is 5.91 Å². The Morgan fingerprint density at radius 1 is 1.11 bits per heavy atom. The molecule has 1 N–H and O–H groups in total. The maximum atomic E-state index is 12.3. The lowest BCUT2D eigenvalue weighted by atomic mass is 9.94. The Balaban J connectivity index is 1.13. The second-order valence-corrected chi connectivity index (χ2v) is 11.6. The molecule has 156 valence electrons. The average molecular weight is 426 g/mol. The summed E-state index contributed by atoms with van der Waals surface area (Å²) >= 11 is 1.33. The fourth-order valence-corrected chi connectivity index (χ4v) is 7.88. The summed E-state index contributed by atoms with van der Waals surface area (Å²) < 4.78 is 23.2. The molecular formula is C20H31N3O3S2. The average Bonchev–Trinajstić information content (AvgIpc) is 3.20. The van der Waals surface area contributed by atoms with E-state index in [0.29, 0.717) is 11.4 Å². The van der Waals surface area contributed by atoms with Crippen LogP contribution in [0.1, 0.15) is 58.6 Å². The number of piperazine rings is 1. The Kier molecular flexibility index (Phi) is 6.40. The van der Waals surface area contributed by atoms with Crippen LogP contribution < -0.4 is 5.32 Å². The van der Waals surface area contributed by atoms with Gasteiger partial charge in [0, 0.05) is 43.6 Å². The number of hydrogen-bond donors (Lipinski definition) is 1. The van der Waals surface area contributed by atoms with Crippen LogP contribution in [0, 0.1) is 0 Å². The number of nitrogens with one attached hydrogen (secondary N) is 1. The number of carbonyl (C=O) groups excluding carboxylic acids is 1. The molecule has 0 bridgehead atoms. The van der Waals surface area contributed by atoms with Crippen molar-refractivity contribution < 1.29 is 13.2 Å². The van der Waals surface area contributed by atoms with Crippen LogP contribution in [-0.4, -0.2) is 69.4 Å². The van der Waals surface area contributed by atoms with Gasteiger partial charge in [-0.2, -0.15) is 0 Å². The second kappa shape index (κ2) is 8.81. The standard InChI is InChI=1S/C20H31N3O3S2/c24-20(18-13-16-14-28(25,26)15-19(16)27-18)21-7-4-8-22-9-11-23(12-10-22)17-5-2-1-3-6-17/h13,17H,1-12,14-15H2,(H,21,24). The van der Waals surface area contributed by atoms with Crippen LogP contribution in [0.25, 0.3) is 0 Å². The first-order valence-corrected chi connectivity index (χ1v) is 13.2. The molecule has 1 amide bonds. The highest BCUT2D eigenvalue weighted by molar-refractivity contribution is 7.90. The lowest BCUT2D eigenvalue weighted by Gasteiger charge is -2.40. The largest absolute Gasteiger partial charge is 0.351 e. The smallest absolute Gasteiger partial charge is 0.261 e. The summed E-state index contributed by atoms with van der Waals surface area (Å²) in [6.45, 7) is 6.33. The van der Waals surface area contributed by atoms with Gasteiger partial charge in [-0.05, 0) is 37.4 Å². The Hall–Kier alpha value is -0.960. The molecule has 4 rings (SSSR count). The van der Waals surface area contributed by atoms with Crippen molar-refractivity contribution in [2.24, 2.45) is 0 Å². The van der Waals surface area contributed by atoms with E-state index >= 15 is 0 Å². The minimum absolute atomic E-state index is 0.0704. The van der Waals surface area contributed by atoms with Crippen LogP contribution in [-0.2, 0) is 21.3 Å². The van der Waals surface area contributed by atoms with E-state index in [0.717, 1.165) is 42.5 Å². The normalized spacial score (nSPS) is 23.6. The highest BCUT2D eigenvalue weighted by Crippen LogP contribution is 2.32. The lowest BCUT2D eigenvalue weighted by Crippen LogP contribution is -2.51. The number of carbonyl (C=O) groups is 1. The molecule has 3 heterocycles. The van der Waals surface area contributed by atoms with E-state index in [1.165, 1.54) is 56.5 Å². The molecule has 1 aromatic heterocycles. The van der Waals surface area contributed by atoms with Crippen LogP contribution in [0.4, 0.5) is 0 Å². The van der Waals surface area contributed by atoms with E-state index in [1.54, 1.807) is 6.07 Å². The minimum atomic E-state index is -2.98. The van der Waals surface area contributed by atoms with E-state index < -0.39 is 9.84 Å². The third-order valence-corrected chi connectivity index (χ3v) is 9.12. The van der Waals surface area contributed by atoms with Gasteiger partial charge in [-0.25, -0.2) is 8.42 Å². The highest BCUT2D eigenvalue weighted by Gasteiger charge is 2.28. The molecule has 0 atom stereocenters. The molecule has 0 radical (unpaired) electrons. The molecular weight excluding hydrogens is 394 g/mol. The number of rotatable bonds is 6. The van der Waals surface area contributed by atoms with Gasteiger partial charge < -0.3 is 10.2 Å². The summed E-state index contributed by atoms with van der Waals surface area (Å²) in [5, 5.41) is 2.99. The fourth-order valence-electron chi connectivity index (χ4n) is 4.70. The summed E-state index contributed by atoms with van der Waals surface area (Å²) in [5.41, 5.74) is 0.811. The molecule has 1 aliphatic carbocycles. The summed E-state index contributed by atoms with van der Waals surface area (Å²) in [4.78, 5) is 19.0. The van der Waals surface area contributed by atoms with Gasteiger partial charge >= 0.3 is 0 Å². The zero-order valence-corrected chi connectivity index (χ0v) is 18.1. The molecule has 1 saturated carbocycles. The van der Waals surface area contributed by atoms with Crippen LogP contribution in [0.5, 0.6) is 0 Å². The number of hydrogen-bond acceptors (Lipinski definition) is 6. The van der Waals surface area contributed by atoms with Gasteiger partial charge in [-0.15, -0.1) is 11.3 Å². The second-order valence-electron chi connectivity index (χ2n) is 8.37. The SMILES string of the molecule is O=C(NCCCN1CCN(C2CCCCC2)CC1)c1cc2c(s1)CS(=O)(=O)C2. The summed E-state index contributed by atoms with van der Waals surface area (Å²) in [6, 6.07) is 2.57. The molecule has 0 spiro atoms. The third-order valence-electron chi connectivity index (χ3n) is 6.28. The van der Waals surface area contributed by atoms with Gasteiger partial charge in [-0.1, -0.05) is 19.3 Å². The van der Waals surface area contributed by atoms with Crippen molar-refractivity contribution in [3.8, 4) is 0 Å². The number of fused-ring (bicyclic) bond motifs is 1. The van der Waals surface area contributed by atoms with Crippen molar-refractivity contribution in [1.82, 2.24) is 15.1 Å². The summed E-state index contributed by atoms with van der Waals surface area (Å²) in [6.07, 6.45) is 7.92. The first-order chi connectivity index (χ1) is 13.5. The van der Waals surface area contributed by atoms with Crippen molar-refractivity contribution in [3.63, 3.8) is 0 Å². The molecule has 1 saturated heterocycles. The van der Waals surface area contributed by atoms with Gasteiger partial charge in [0.15, 0.2) is 9.84 Å². The highest BCUT2D eigenvalue weighted by atomic mass is 32.2. The molecule has 2 fully saturated rings. The van der Waals surface area contributed by atoms with E-state index in [9.17, 15) is 13.2 Å².